The molecule has 1 aromatic rings. The standard InChI is InChI=1S/C16H21F2NO2/c1-11(14-3-2-13(17)10-15(14)18)19-6-4-12(5-7-19)16-20-8-9-21-16/h2-3,10-12,16H,4-9H2,1H3. The van der Waals surface area contributed by atoms with Gasteiger partial charge in [0.1, 0.15) is 11.6 Å². The van der Waals surface area contributed by atoms with Gasteiger partial charge in [0.15, 0.2) is 6.29 Å². The van der Waals surface area contributed by atoms with Crippen molar-refractivity contribution < 1.29 is 18.3 Å². The van der Waals surface area contributed by atoms with Gasteiger partial charge in [-0.2, -0.15) is 0 Å². The van der Waals surface area contributed by atoms with Crippen molar-refractivity contribution >= 4 is 0 Å². The van der Waals surface area contributed by atoms with Crippen molar-refractivity contribution in [2.24, 2.45) is 5.92 Å². The molecule has 21 heavy (non-hydrogen) atoms. The number of rotatable bonds is 3. The van der Waals surface area contributed by atoms with Crippen LogP contribution in [-0.4, -0.2) is 37.5 Å². The monoisotopic (exact) mass is 297 g/mol. The number of benzene rings is 1. The normalized spacial score (nSPS) is 23.6. The Balaban J connectivity index is 1.60. The first kappa shape index (κ1) is 14.9. The van der Waals surface area contributed by atoms with Crippen molar-refractivity contribution in [3.63, 3.8) is 0 Å². The first-order valence-electron chi connectivity index (χ1n) is 7.57. The maximum Gasteiger partial charge on any atom is 0.160 e. The van der Waals surface area contributed by atoms with Gasteiger partial charge in [0.05, 0.1) is 13.2 Å². The number of hydrogen-bond acceptors (Lipinski definition) is 3. The van der Waals surface area contributed by atoms with E-state index in [1.165, 1.54) is 6.07 Å². The van der Waals surface area contributed by atoms with Gasteiger partial charge >= 0.3 is 0 Å². The van der Waals surface area contributed by atoms with E-state index in [4.69, 9.17) is 9.47 Å². The lowest BCUT2D eigenvalue weighted by atomic mass is 9.94. The molecule has 2 fully saturated rings. The fraction of sp³-hybridized carbons (Fsp3) is 0.625. The summed E-state index contributed by atoms with van der Waals surface area (Å²) in [5.74, 6) is -0.571. The molecule has 2 heterocycles. The second-order valence-corrected chi connectivity index (χ2v) is 5.83. The fourth-order valence-electron chi connectivity index (χ4n) is 3.26. The van der Waals surface area contributed by atoms with Gasteiger partial charge in [-0.25, -0.2) is 8.78 Å². The van der Waals surface area contributed by atoms with Gasteiger partial charge in [-0.3, -0.25) is 4.90 Å². The summed E-state index contributed by atoms with van der Waals surface area (Å²) in [7, 11) is 0. The Morgan fingerprint density at radius 2 is 1.81 bits per heavy atom. The first-order valence-corrected chi connectivity index (χ1v) is 7.57. The molecule has 1 atom stereocenters. The summed E-state index contributed by atoms with van der Waals surface area (Å²) in [6.45, 7) is 5.10. The van der Waals surface area contributed by atoms with Crippen LogP contribution in [0.2, 0.25) is 0 Å². The molecule has 2 aliphatic heterocycles. The van der Waals surface area contributed by atoms with Crippen LogP contribution in [0.1, 0.15) is 31.4 Å². The van der Waals surface area contributed by atoms with Gasteiger partial charge in [0.2, 0.25) is 0 Å². The third-order valence-corrected chi connectivity index (χ3v) is 4.57. The van der Waals surface area contributed by atoms with E-state index in [1.54, 1.807) is 6.07 Å². The average Bonchev–Trinajstić information content (AvgIpc) is 3.01. The topological polar surface area (TPSA) is 21.7 Å². The summed E-state index contributed by atoms with van der Waals surface area (Å²) in [6.07, 6.45) is 1.90. The van der Waals surface area contributed by atoms with E-state index in [-0.39, 0.29) is 12.3 Å². The molecule has 1 unspecified atom stereocenters. The van der Waals surface area contributed by atoms with E-state index in [0.29, 0.717) is 24.7 Å². The van der Waals surface area contributed by atoms with Crippen LogP contribution >= 0.6 is 0 Å². The van der Waals surface area contributed by atoms with E-state index in [9.17, 15) is 8.78 Å². The predicted molar refractivity (Wildman–Crippen MR) is 74.8 cm³/mol. The molecule has 5 heteroatoms. The van der Waals surface area contributed by atoms with E-state index in [0.717, 1.165) is 32.0 Å². The molecule has 3 rings (SSSR count). The maximum atomic E-state index is 13.9. The highest BCUT2D eigenvalue weighted by Crippen LogP contribution is 2.31. The molecular formula is C16H21F2NO2. The molecule has 0 spiro atoms. The Morgan fingerprint density at radius 3 is 2.43 bits per heavy atom. The number of halogens is 2. The van der Waals surface area contributed by atoms with Gasteiger partial charge in [-0.15, -0.1) is 0 Å². The highest BCUT2D eigenvalue weighted by atomic mass is 19.1. The second-order valence-electron chi connectivity index (χ2n) is 5.83. The molecule has 0 N–H and O–H groups in total. The molecule has 2 aliphatic rings. The van der Waals surface area contributed by atoms with Crippen molar-refractivity contribution in [3.8, 4) is 0 Å². The summed E-state index contributed by atoms with van der Waals surface area (Å²) in [5, 5.41) is 0. The Morgan fingerprint density at radius 1 is 1.14 bits per heavy atom. The van der Waals surface area contributed by atoms with Crippen LogP contribution in [0, 0.1) is 17.6 Å². The molecular weight excluding hydrogens is 276 g/mol. The summed E-state index contributed by atoms with van der Waals surface area (Å²) in [6, 6.07) is 3.78. The van der Waals surface area contributed by atoms with Crippen molar-refractivity contribution in [2.45, 2.75) is 32.1 Å². The molecule has 2 saturated heterocycles. The molecule has 0 aliphatic carbocycles. The van der Waals surface area contributed by atoms with Crippen LogP contribution in [0.15, 0.2) is 18.2 Å². The highest BCUT2D eigenvalue weighted by Gasteiger charge is 2.32. The minimum absolute atomic E-state index is 0.0445. The van der Waals surface area contributed by atoms with Crippen molar-refractivity contribution in [2.75, 3.05) is 26.3 Å². The predicted octanol–water partition coefficient (Wildman–Crippen LogP) is 3.11. The van der Waals surface area contributed by atoms with E-state index in [1.807, 2.05) is 6.92 Å². The number of ether oxygens (including phenoxy) is 2. The van der Waals surface area contributed by atoms with Gasteiger partial charge < -0.3 is 9.47 Å². The van der Waals surface area contributed by atoms with Crippen LogP contribution in [0.5, 0.6) is 0 Å². The zero-order valence-corrected chi connectivity index (χ0v) is 12.2. The molecule has 0 bridgehead atoms. The quantitative estimate of drug-likeness (QED) is 0.855. The van der Waals surface area contributed by atoms with E-state index in [2.05, 4.69) is 4.90 Å². The van der Waals surface area contributed by atoms with Crippen LogP contribution in [0.4, 0.5) is 8.78 Å². The number of likely N-dealkylation sites (tertiary alicyclic amines) is 1. The first-order chi connectivity index (χ1) is 10.1. The van der Waals surface area contributed by atoms with Crippen LogP contribution in [0.25, 0.3) is 0 Å². The highest BCUT2D eigenvalue weighted by molar-refractivity contribution is 5.21. The zero-order chi connectivity index (χ0) is 14.8. The van der Waals surface area contributed by atoms with Crippen LogP contribution in [-0.2, 0) is 9.47 Å². The average molecular weight is 297 g/mol. The third kappa shape index (κ3) is 3.25. The Bertz CT molecular complexity index is 483. The summed E-state index contributed by atoms with van der Waals surface area (Å²) in [5.41, 5.74) is 0.559. The molecule has 0 saturated carbocycles. The second kappa shape index (κ2) is 6.38. The van der Waals surface area contributed by atoms with Crippen LogP contribution in [0.3, 0.4) is 0 Å². The smallest absolute Gasteiger partial charge is 0.160 e. The maximum absolute atomic E-state index is 13.9. The Kier molecular flexibility index (Phi) is 4.52. The Labute approximate surface area is 123 Å². The zero-order valence-electron chi connectivity index (χ0n) is 12.2. The van der Waals surface area contributed by atoms with E-state index >= 15 is 0 Å². The summed E-state index contributed by atoms with van der Waals surface area (Å²) < 4.78 is 38.0. The molecule has 1 aromatic carbocycles. The van der Waals surface area contributed by atoms with E-state index < -0.39 is 11.6 Å². The SMILES string of the molecule is CC(c1ccc(F)cc1F)N1CCC(C2OCCO2)CC1. The van der Waals surface area contributed by atoms with Gasteiger partial charge in [-0.1, -0.05) is 6.07 Å². The molecule has 0 amide bonds. The lowest BCUT2D eigenvalue weighted by Gasteiger charge is -2.37. The van der Waals surface area contributed by atoms with Crippen molar-refractivity contribution in [1.82, 2.24) is 4.90 Å². The lowest BCUT2D eigenvalue weighted by Crippen LogP contribution is -2.39. The summed E-state index contributed by atoms with van der Waals surface area (Å²) in [4.78, 5) is 2.24. The number of hydrogen-bond donors (Lipinski definition) is 0. The molecule has 0 aromatic heterocycles. The number of piperidine rings is 1. The molecule has 0 radical (unpaired) electrons. The fourth-order valence-corrected chi connectivity index (χ4v) is 3.26. The summed E-state index contributed by atoms with van der Waals surface area (Å²) >= 11 is 0. The van der Waals surface area contributed by atoms with Crippen molar-refractivity contribution in [1.29, 1.82) is 0 Å². The minimum Gasteiger partial charge on any atom is -0.350 e. The molecule has 3 nitrogen and oxygen atoms in total. The van der Waals surface area contributed by atoms with Gasteiger partial charge in [0.25, 0.3) is 0 Å². The van der Waals surface area contributed by atoms with Crippen LogP contribution < -0.4 is 0 Å². The minimum atomic E-state index is -0.530. The largest absolute Gasteiger partial charge is 0.350 e. The third-order valence-electron chi connectivity index (χ3n) is 4.57. The lowest BCUT2D eigenvalue weighted by molar-refractivity contribution is -0.0993. The van der Waals surface area contributed by atoms with Gasteiger partial charge in [0, 0.05) is 23.6 Å². The van der Waals surface area contributed by atoms with Gasteiger partial charge in [-0.05, 0) is 38.9 Å². The number of nitrogens with zero attached hydrogens (tertiary/aromatic N) is 1. The molecule has 116 valence electrons. The Hall–Kier alpha value is -1.04. The van der Waals surface area contributed by atoms with Crippen molar-refractivity contribution in [3.05, 3.63) is 35.4 Å².